The molecule has 0 amide bonds. The van der Waals surface area contributed by atoms with Gasteiger partial charge in [-0.25, -0.2) is 8.42 Å². The van der Waals surface area contributed by atoms with Gasteiger partial charge in [0.15, 0.2) is 0 Å². The Kier molecular flexibility index (Phi) is 11.7. The van der Waals surface area contributed by atoms with E-state index in [9.17, 15) is 13.0 Å². The number of aliphatic hydroxyl groups is 1. The number of hydrogen-bond donors (Lipinski definition) is 1. The van der Waals surface area contributed by atoms with Gasteiger partial charge in [-0.2, -0.15) is 0 Å². The summed E-state index contributed by atoms with van der Waals surface area (Å²) in [6, 6.07) is 0. The van der Waals surface area contributed by atoms with Crippen LogP contribution in [0.2, 0.25) is 0 Å². The van der Waals surface area contributed by atoms with Crippen LogP contribution in [0.25, 0.3) is 0 Å². The van der Waals surface area contributed by atoms with Gasteiger partial charge in [-0.05, 0) is 12.8 Å². The molecule has 0 aromatic rings. The summed E-state index contributed by atoms with van der Waals surface area (Å²) in [7, 11) is -4.14. The topological polar surface area (TPSA) is 86.7 Å². The predicted octanol–water partition coefficient (Wildman–Crippen LogP) is -3.68. The van der Waals surface area contributed by atoms with Crippen molar-refractivity contribution in [3.63, 3.8) is 0 Å². The van der Waals surface area contributed by atoms with E-state index in [2.05, 4.69) is 0 Å². The summed E-state index contributed by atoms with van der Waals surface area (Å²) >= 11 is 0. The molecule has 0 saturated carbocycles. The molecule has 13 heavy (non-hydrogen) atoms. The van der Waals surface area contributed by atoms with Gasteiger partial charge in [0.25, 0.3) is 0 Å². The monoisotopic (exact) mass is 220 g/mol. The maximum absolute atomic E-state index is 10.0. The van der Waals surface area contributed by atoms with Crippen molar-refractivity contribution < 1.29 is 52.4 Å². The third kappa shape index (κ3) is 15.6. The van der Waals surface area contributed by atoms with Crippen molar-refractivity contribution >= 4 is 10.1 Å². The van der Waals surface area contributed by atoms with Crippen LogP contribution in [0.3, 0.4) is 0 Å². The molecule has 0 bridgehead atoms. The zero-order valence-corrected chi connectivity index (χ0v) is 10.5. The number of unbranched alkanes of at least 4 members (excludes halogenated alkanes) is 1. The van der Waals surface area contributed by atoms with Crippen molar-refractivity contribution in [2.75, 3.05) is 25.6 Å². The molecule has 74 valence electrons. The Bertz CT molecular complexity index is 191. The van der Waals surface area contributed by atoms with Crippen molar-refractivity contribution in [2.45, 2.75) is 12.8 Å². The minimum Gasteiger partial charge on any atom is -0.748 e. The molecule has 7 heteroatoms. The molecule has 0 aliphatic rings. The molecule has 5 nitrogen and oxygen atoms in total. The van der Waals surface area contributed by atoms with Gasteiger partial charge in [0, 0.05) is 13.2 Å². The fraction of sp³-hybridized carbons (Fsp3) is 1.00. The first-order chi connectivity index (χ1) is 5.56. The van der Waals surface area contributed by atoms with Gasteiger partial charge in [0.2, 0.25) is 0 Å². The molecule has 0 heterocycles. The smallest absolute Gasteiger partial charge is 0.748 e. The Morgan fingerprint density at radius 1 is 1.23 bits per heavy atom. The van der Waals surface area contributed by atoms with Crippen LogP contribution in [0.15, 0.2) is 0 Å². The third-order valence-electron chi connectivity index (χ3n) is 1.17. The molecule has 0 aromatic heterocycles. The summed E-state index contributed by atoms with van der Waals surface area (Å²) in [5.41, 5.74) is 0. The van der Waals surface area contributed by atoms with Gasteiger partial charge >= 0.3 is 29.6 Å². The van der Waals surface area contributed by atoms with Crippen LogP contribution in [0, 0.1) is 0 Å². The van der Waals surface area contributed by atoms with Gasteiger partial charge in [-0.3, -0.25) is 0 Å². The molecule has 0 spiro atoms. The van der Waals surface area contributed by atoms with Crippen molar-refractivity contribution in [1.29, 1.82) is 0 Å². The fourth-order valence-corrected chi connectivity index (χ4v) is 0.901. The first-order valence-corrected chi connectivity index (χ1v) is 5.26. The molecular weight excluding hydrogens is 207 g/mol. The van der Waals surface area contributed by atoms with Crippen molar-refractivity contribution in [1.82, 2.24) is 0 Å². The van der Waals surface area contributed by atoms with Crippen molar-refractivity contribution in [3.05, 3.63) is 0 Å². The Morgan fingerprint density at radius 2 is 1.85 bits per heavy atom. The maximum atomic E-state index is 10.0. The van der Waals surface area contributed by atoms with E-state index < -0.39 is 15.9 Å². The number of ether oxygens (including phenoxy) is 1. The van der Waals surface area contributed by atoms with E-state index in [1.54, 1.807) is 0 Å². The second-order valence-electron chi connectivity index (χ2n) is 2.30. The average Bonchev–Trinajstić information content (AvgIpc) is 1.94. The third-order valence-corrected chi connectivity index (χ3v) is 1.84. The van der Waals surface area contributed by atoms with Gasteiger partial charge in [0.1, 0.15) is 0 Å². The maximum Gasteiger partial charge on any atom is 1.00 e. The van der Waals surface area contributed by atoms with Crippen LogP contribution in [0.4, 0.5) is 0 Å². The molecular formula is C6H13NaO5S. The minimum absolute atomic E-state index is 0. The summed E-state index contributed by atoms with van der Waals surface area (Å²) in [5, 5.41) is 8.35. The largest absolute Gasteiger partial charge is 1.00 e. The minimum atomic E-state index is -4.14. The van der Waals surface area contributed by atoms with Gasteiger partial charge in [-0.15, -0.1) is 0 Å². The van der Waals surface area contributed by atoms with E-state index in [4.69, 9.17) is 9.84 Å². The van der Waals surface area contributed by atoms with Gasteiger partial charge in [-0.1, -0.05) is 0 Å². The summed E-state index contributed by atoms with van der Waals surface area (Å²) in [5.74, 6) is -0.480. The predicted molar refractivity (Wildman–Crippen MR) is 41.7 cm³/mol. The van der Waals surface area contributed by atoms with E-state index >= 15 is 0 Å². The number of rotatable bonds is 7. The molecule has 0 rings (SSSR count). The zero-order chi connectivity index (χ0) is 9.45. The fourth-order valence-electron chi connectivity index (χ4n) is 0.579. The van der Waals surface area contributed by atoms with Crippen LogP contribution in [-0.4, -0.2) is 43.7 Å². The van der Waals surface area contributed by atoms with E-state index in [0.717, 1.165) is 0 Å². The van der Waals surface area contributed by atoms with Crippen LogP contribution in [0.1, 0.15) is 12.8 Å². The summed E-state index contributed by atoms with van der Waals surface area (Å²) < 4.78 is 35.0. The standard InChI is InChI=1S/C6H14O5S.Na/c7-3-1-2-4-11-5-6-12(8,9)10;/h7H,1-6H2,(H,8,9,10);/q;+1/p-1. The Hall–Kier alpha value is 0.830. The SMILES string of the molecule is O=S(=O)([O-])CCOCCCCO.[Na+]. The van der Waals surface area contributed by atoms with Gasteiger partial charge in [0.05, 0.1) is 22.5 Å². The normalized spacial score (nSPS) is 10.9. The molecule has 1 N–H and O–H groups in total. The summed E-state index contributed by atoms with van der Waals surface area (Å²) in [6.07, 6.45) is 1.31. The first kappa shape index (κ1) is 16.3. The number of hydrogen-bond acceptors (Lipinski definition) is 5. The molecule has 0 fully saturated rings. The van der Waals surface area contributed by atoms with Crippen LogP contribution >= 0.6 is 0 Å². The van der Waals surface area contributed by atoms with E-state index in [1.165, 1.54) is 0 Å². The summed E-state index contributed by atoms with van der Waals surface area (Å²) in [6.45, 7) is 0.427. The van der Waals surface area contributed by atoms with Crippen molar-refractivity contribution in [3.8, 4) is 0 Å². The van der Waals surface area contributed by atoms with E-state index in [1.807, 2.05) is 0 Å². The van der Waals surface area contributed by atoms with Gasteiger partial charge < -0.3 is 14.4 Å². The second kappa shape index (κ2) is 9.39. The zero-order valence-electron chi connectivity index (χ0n) is 7.73. The summed E-state index contributed by atoms with van der Waals surface area (Å²) in [4.78, 5) is 0. The van der Waals surface area contributed by atoms with E-state index in [0.29, 0.717) is 19.4 Å². The van der Waals surface area contributed by atoms with Crippen molar-refractivity contribution in [2.24, 2.45) is 0 Å². The first-order valence-electron chi connectivity index (χ1n) is 3.68. The molecule has 0 saturated heterocycles. The van der Waals surface area contributed by atoms with E-state index in [-0.39, 0.29) is 42.8 Å². The van der Waals surface area contributed by atoms with Crippen LogP contribution in [-0.2, 0) is 14.9 Å². The second-order valence-corrected chi connectivity index (χ2v) is 3.83. The molecule has 0 aliphatic carbocycles. The Labute approximate surface area is 101 Å². The molecule has 0 aromatic carbocycles. The molecule has 0 unspecified atom stereocenters. The quantitative estimate of drug-likeness (QED) is 0.271. The Morgan fingerprint density at radius 3 is 2.31 bits per heavy atom. The average molecular weight is 220 g/mol. The van der Waals surface area contributed by atoms with Crippen LogP contribution < -0.4 is 29.6 Å². The molecule has 0 radical (unpaired) electrons. The molecule has 0 atom stereocenters. The number of aliphatic hydroxyl groups excluding tert-OH is 1. The molecule has 0 aliphatic heterocycles. The van der Waals surface area contributed by atoms with Crippen LogP contribution in [0.5, 0.6) is 0 Å². The Balaban J connectivity index is 0.